The number of hydrogen-bond donors (Lipinski definition) is 4. The van der Waals surface area contributed by atoms with E-state index in [4.69, 9.17) is 28.0 Å². The van der Waals surface area contributed by atoms with Crippen LogP contribution in [0.4, 0.5) is 5.95 Å². The zero-order valence-corrected chi connectivity index (χ0v) is 37.0. The second-order valence-electron chi connectivity index (χ2n) is 15.6. The first-order valence-corrected chi connectivity index (χ1v) is 21.5. The zero-order valence-electron chi connectivity index (χ0n) is 36.1. The number of anilines is 1. The van der Waals surface area contributed by atoms with Crippen LogP contribution in [0.1, 0.15) is 79.3 Å². The third kappa shape index (κ3) is 11.7. The van der Waals surface area contributed by atoms with Crippen LogP contribution in [0.25, 0.3) is 11.2 Å². The number of rotatable bonds is 20. The molecule has 23 heteroatoms. The van der Waals surface area contributed by atoms with Gasteiger partial charge in [0.15, 0.2) is 29.8 Å². The molecule has 61 heavy (non-hydrogen) atoms. The van der Waals surface area contributed by atoms with E-state index in [2.05, 4.69) is 36.6 Å². The molecule has 2 amide bonds. The fourth-order valence-electron chi connectivity index (χ4n) is 6.98. The zero-order chi connectivity index (χ0) is 44.5. The number of hydrogen-bond acceptors (Lipinski definition) is 16. The first kappa shape index (κ1) is 47.6. The Hall–Kier alpha value is -4.43. The number of nitriles is 1. The van der Waals surface area contributed by atoms with Crippen LogP contribution in [0.3, 0.4) is 0 Å². The number of morpholine rings is 1. The molecule has 336 valence electrons. The van der Waals surface area contributed by atoms with Crippen molar-refractivity contribution in [1.29, 1.82) is 5.26 Å². The topological polar surface area (TPSA) is 262 Å². The molecule has 0 aromatic carbocycles. The van der Waals surface area contributed by atoms with Gasteiger partial charge in [0.25, 0.3) is 19.6 Å². The standard InChI is InChI=1S/C38H58N11O11P/c1-10-25-17-46(19-27(58-25)47-16-24(8)33(52)45-38(47)54)18-26(50)41-35-29(60-61(57-13-11-12-39)49(22(4)5)23(6)7)30(56-15-14-55-9)36(59-35)48-20-40-28-31(48)42-37(44-34(28)53)43-32(51)21(2)3/h16,20-23,25,27,29-30,35-36H,10-11,13-15,17-19H2,1-9H3,(H,41,50)(H,45,52,54)(H2,42,43,44,51,53)/t25-,27-,29?,30+,35+,36-,61?/m1/s1. The lowest BCUT2D eigenvalue weighted by molar-refractivity contribution is -0.140. The molecule has 2 aliphatic rings. The normalized spacial score (nSPS) is 22.7. The van der Waals surface area contributed by atoms with Crippen molar-refractivity contribution in [3.05, 3.63) is 49.3 Å². The lowest BCUT2D eigenvalue weighted by Crippen LogP contribution is -2.53. The van der Waals surface area contributed by atoms with Crippen LogP contribution >= 0.6 is 8.53 Å². The van der Waals surface area contributed by atoms with E-state index in [0.29, 0.717) is 18.5 Å². The Kier molecular flexibility index (Phi) is 16.8. The molecule has 22 nitrogen and oxygen atoms in total. The first-order chi connectivity index (χ1) is 29.1. The molecule has 2 aliphatic heterocycles. The minimum Gasteiger partial charge on any atom is -0.382 e. The van der Waals surface area contributed by atoms with E-state index in [0.717, 1.165) is 0 Å². The molecule has 5 heterocycles. The Morgan fingerprint density at radius 3 is 2.43 bits per heavy atom. The highest BCUT2D eigenvalue weighted by atomic mass is 31.2. The van der Waals surface area contributed by atoms with Gasteiger partial charge in [-0.05, 0) is 41.0 Å². The van der Waals surface area contributed by atoms with Crippen molar-refractivity contribution >= 4 is 37.5 Å². The van der Waals surface area contributed by atoms with Crippen molar-refractivity contribution < 1.29 is 37.6 Å². The fraction of sp³-hybridized carbons (Fsp3) is 0.684. The second kappa shape index (κ2) is 21.6. The molecule has 0 spiro atoms. The third-order valence-electron chi connectivity index (χ3n) is 9.94. The summed E-state index contributed by atoms with van der Waals surface area (Å²) in [6, 6.07) is 1.96. The van der Waals surface area contributed by atoms with Crippen LogP contribution in [0, 0.1) is 24.2 Å². The number of carbonyl (C=O) groups excluding carboxylic acids is 2. The van der Waals surface area contributed by atoms with Crippen molar-refractivity contribution in [2.24, 2.45) is 5.92 Å². The minimum atomic E-state index is -1.91. The quantitative estimate of drug-likeness (QED) is 0.0933. The SMILES string of the molecule is CC[C@@H]1CN(CC(=O)N[C@H]2O[C@@H](n3cnc4c(=O)[nH]c(NC(=O)C(C)C)nc43)[C@@H](OCCOC)C2OP(OCCC#N)N(C(C)C)C(C)C)C[C@H](n2cc(C)c(=O)[nH]c2=O)O1. The number of aryl methyl sites for hydroxylation is 1. The van der Waals surface area contributed by atoms with Gasteiger partial charge < -0.3 is 33.3 Å². The van der Waals surface area contributed by atoms with Gasteiger partial charge in [-0.15, -0.1) is 0 Å². The third-order valence-corrected chi connectivity index (χ3v) is 12.1. The Labute approximate surface area is 354 Å². The van der Waals surface area contributed by atoms with Crippen molar-refractivity contribution in [3.8, 4) is 6.07 Å². The van der Waals surface area contributed by atoms with Crippen molar-refractivity contribution in [2.75, 3.05) is 51.9 Å². The van der Waals surface area contributed by atoms with Gasteiger partial charge in [-0.25, -0.2) is 14.4 Å². The summed E-state index contributed by atoms with van der Waals surface area (Å²) in [7, 11) is -0.390. The highest BCUT2D eigenvalue weighted by Gasteiger charge is 2.51. The number of nitrogens with zero attached hydrogens (tertiary/aromatic N) is 7. The maximum Gasteiger partial charge on any atom is 0.330 e. The van der Waals surface area contributed by atoms with Crippen LogP contribution < -0.4 is 27.4 Å². The maximum atomic E-state index is 14.2. The molecule has 5 rings (SSSR count). The van der Waals surface area contributed by atoms with E-state index < -0.39 is 68.1 Å². The molecule has 0 aliphatic carbocycles. The predicted molar refractivity (Wildman–Crippen MR) is 222 cm³/mol. The molecule has 2 saturated heterocycles. The molecule has 2 fully saturated rings. The number of methoxy groups -OCH3 is 1. The summed E-state index contributed by atoms with van der Waals surface area (Å²) in [6.45, 7) is 15.6. The molecule has 0 bridgehead atoms. The number of nitrogens with one attached hydrogen (secondary N) is 4. The molecule has 3 aromatic heterocycles. The fourth-order valence-corrected chi connectivity index (χ4v) is 8.72. The van der Waals surface area contributed by atoms with Crippen LogP contribution in [-0.2, 0) is 37.6 Å². The number of fused-ring (bicyclic) bond motifs is 1. The molecule has 2 unspecified atom stereocenters. The van der Waals surface area contributed by atoms with E-state index in [1.807, 2.05) is 44.2 Å². The van der Waals surface area contributed by atoms with Crippen LogP contribution in [0.2, 0.25) is 0 Å². The molecular formula is C38H58N11O11P. The van der Waals surface area contributed by atoms with Crippen molar-refractivity contribution in [1.82, 2.24) is 44.0 Å². The van der Waals surface area contributed by atoms with Crippen LogP contribution in [-0.4, -0.2) is 134 Å². The molecule has 3 aromatic rings. The lowest BCUT2D eigenvalue weighted by atomic mass is 10.2. The van der Waals surface area contributed by atoms with Gasteiger partial charge >= 0.3 is 5.69 Å². The number of amides is 2. The van der Waals surface area contributed by atoms with E-state index >= 15 is 0 Å². The summed E-state index contributed by atoms with van der Waals surface area (Å²) >= 11 is 0. The van der Waals surface area contributed by atoms with Gasteiger partial charge in [0.05, 0.1) is 51.3 Å². The van der Waals surface area contributed by atoms with E-state index in [-0.39, 0.29) is 80.5 Å². The number of ether oxygens (including phenoxy) is 4. The molecule has 7 atom stereocenters. The first-order valence-electron chi connectivity index (χ1n) is 20.3. The number of H-pyrrole nitrogens is 2. The van der Waals surface area contributed by atoms with Crippen molar-refractivity contribution in [3.63, 3.8) is 0 Å². The minimum absolute atomic E-state index is 0.0382. The molecule has 4 N–H and O–H groups in total. The van der Waals surface area contributed by atoms with Gasteiger partial charge in [-0.1, -0.05) is 20.8 Å². The monoisotopic (exact) mass is 875 g/mol. The number of aromatic nitrogens is 6. The van der Waals surface area contributed by atoms with E-state index in [1.165, 1.54) is 28.8 Å². The summed E-state index contributed by atoms with van der Waals surface area (Å²) in [4.78, 5) is 80.5. The largest absolute Gasteiger partial charge is 0.382 e. The number of imidazole rings is 1. The Morgan fingerprint density at radius 2 is 1.77 bits per heavy atom. The number of carbonyl (C=O) groups is 2. The summed E-state index contributed by atoms with van der Waals surface area (Å²) in [5, 5.41) is 15.0. The highest BCUT2D eigenvalue weighted by molar-refractivity contribution is 7.44. The Bertz CT molecular complexity index is 2180. The predicted octanol–water partition coefficient (Wildman–Crippen LogP) is 1.85. The van der Waals surface area contributed by atoms with Crippen LogP contribution in [0.5, 0.6) is 0 Å². The van der Waals surface area contributed by atoms with Gasteiger partial charge in [0.2, 0.25) is 17.8 Å². The summed E-state index contributed by atoms with van der Waals surface area (Å²) in [5.41, 5.74) is -1.37. The average Bonchev–Trinajstić information content (AvgIpc) is 3.76. The van der Waals surface area contributed by atoms with E-state index in [1.54, 1.807) is 20.8 Å². The molecular weight excluding hydrogens is 817 g/mol. The number of aromatic amines is 2. The van der Waals surface area contributed by atoms with Gasteiger partial charge in [0.1, 0.15) is 12.2 Å². The highest BCUT2D eigenvalue weighted by Crippen LogP contribution is 2.50. The summed E-state index contributed by atoms with van der Waals surface area (Å²) in [5.74, 6) is -1.33. The van der Waals surface area contributed by atoms with Crippen molar-refractivity contribution in [2.45, 2.75) is 117 Å². The molecule has 0 radical (unpaired) electrons. The Morgan fingerprint density at radius 1 is 1.03 bits per heavy atom. The average molecular weight is 876 g/mol. The summed E-state index contributed by atoms with van der Waals surface area (Å²) < 4.78 is 42.6. The maximum absolute atomic E-state index is 14.2. The van der Waals surface area contributed by atoms with Gasteiger partial charge in [-0.3, -0.25) is 48.5 Å². The smallest absolute Gasteiger partial charge is 0.330 e. The van der Waals surface area contributed by atoms with E-state index in [9.17, 15) is 29.2 Å². The molecule has 0 saturated carbocycles. The van der Waals surface area contributed by atoms with Crippen LogP contribution in [0.15, 0.2) is 26.9 Å². The Balaban J connectivity index is 1.53. The lowest BCUT2D eigenvalue weighted by Gasteiger charge is -2.39. The summed E-state index contributed by atoms with van der Waals surface area (Å²) in [6.07, 6.45) is -2.01. The van der Waals surface area contributed by atoms with Gasteiger partial charge in [-0.2, -0.15) is 10.2 Å². The second-order valence-corrected chi connectivity index (χ2v) is 17.0. The van der Waals surface area contributed by atoms with Gasteiger partial charge in [0, 0.05) is 50.0 Å².